The molecule has 0 atom stereocenters. The van der Waals surface area contributed by atoms with E-state index in [1.54, 1.807) is 6.33 Å². The van der Waals surface area contributed by atoms with E-state index >= 15 is 0 Å². The molecule has 3 heterocycles. The van der Waals surface area contributed by atoms with Gasteiger partial charge in [-0.3, -0.25) is 0 Å². The molecule has 0 unspecified atom stereocenters. The fraction of sp³-hybridized carbons (Fsp3) is 0.261. The van der Waals surface area contributed by atoms with Crippen molar-refractivity contribution in [1.82, 2.24) is 14.3 Å². The van der Waals surface area contributed by atoms with E-state index < -0.39 is 0 Å². The van der Waals surface area contributed by atoms with Crippen molar-refractivity contribution >= 4 is 44.9 Å². The van der Waals surface area contributed by atoms with Crippen molar-refractivity contribution in [3.63, 3.8) is 0 Å². The van der Waals surface area contributed by atoms with Gasteiger partial charge >= 0.3 is 0 Å². The lowest BCUT2D eigenvalue weighted by molar-refractivity contribution is 0.648. The molecule has 1 aliphatic heterocycles. The van der Waals surface area contributed by atoms with Gasteiger partial charge in [0.25, 0.3) is 0 Å². The molecule has 5 nitrogen and oxygen atoms in total. The van der Waals surface area contributed by atoms with Gasteiger partial charge in [0.1, 0.15) is 22.2 Å². The van der Waals surface area contributed by atoms with Gasteiger partial charge in [-0.15, -0.1) is 0 Å². The first kappa shape index (κ1) is 19.3. The van der Waals surface area contributed by atoms with Crippen LogP contribution in [0.15, 0.2) is 48.8 Å². The maximum atomic E-state index is 6.04. The molecule has 1 saturated heterocycles. The van der Waals surface area contributed by atoms with Crippen molar-refractivity contribution in [3.05, 3.63) is 64.9 Å². The van der Waals surface area contributed by atoms with E-state index in [9.17, 15) is 0 Å². The third-order valence-electron chi connectivity index (χ3n) is 5.64. The van der Waals surface area contributed by atoms with Gasteiger partial charge in [-0.05, 0) is 54.7 Å². The van der Waals surface area contributed by atoms with Gasteiger partial charge in [-0.2, -0.15) is 4.37 Å². The van der Waals surface area contributed by atoms with Crippen molar-refractivity contribution in [1.29, 1.82) is 0 Å². The molecule has 0 spiro atoms. The maximum absolute atomic E-state index is 6.04. The summed E-state index contributed by atoms with van der Waals surface area (Å²) in [6.45, 7) is 8.13. The summed E-state index contributed by atoms with van der Waals surface area (Å²) < 4.78 is 5.74. The normalized spacial score (nSPS) is 14.5. The number of hydrogen-bond acceptors (Lipinski definition) is 6. The highest BCUT2D eigenvalue weighted by atomic mass is 35.5. The standard InChI is InChI=1S/C23H22ClN5S/c1-15-3-4-16(2)19(13-15)28-9-11-29(12-10-28)23-22-21(25-14-26-23)20(27-30-22)17-5-7-18(24)8-6-17/h3-8,13-14H,9-12H2,1-2H3. The van der Waals surface area contributed by atoms with Gasteiger partial charge in [0, 0.05) is 42.5 Å². The fourth-order valence-corrected chi connectivity index (χ4v) is 4.99. The zero-order valence-corrected chi connectivity index (χ0v) is 18.5. The molecular formula is C23H22ClN5S. The van der Waals surface area contributed by atoms with Gasteiger partial charge in [0.2, 0.25) is 0 Å². The molecule has 152 valence electrons. The summed E-state index contributed by atoms with van der Waals surface area (Å²) in [4.78, 5) is 14.0. The van der Waals surface area contributed by atoms with Crippen LogP contribution in [0, 0.1) is 13.8 Å². The molecule has 2 aromatic carbocycles. The molecule has 0 amide bonds. The Labute approximate surface area is 185 Å². The van der Waals surface area contributed by atoms with E-state index in [1.165, 1.54) is 28.3 Å². The lowest BCUT2D eigenvalue weighted by Gasteiger charge is -2.37. The number of piperazine rings is 1. The molecule has 7 heteroatoms. The topological polar surface area (TPSA) is 45.2 Å². The number of aryl methyl sites for hydroxylation is 2. The first-order valence-corrected chi connectivity index (χ1v) is 11.2. The molecule has 2 aromatic heterocycles. The summed E-state index contributed by atoms with van der Waals surface area (Å²) in [7, 11) is 0. The number of fused-ring (bicyclic) bond motifs is 1. The number of hydrogen-bond donors (Lipinski definition) is 0. The number of halogens is 1. The first-order valence-electron chi connectivity index (χ1n) is 10.0. The van der Waals surface area contributed by atoms with E-state index in [0.717, 1.165) is 58.5 Å². The van der Waals surface area contributed by atoms with Crippen LogP contribution in [0.2, 0.25) is 5.02 Å². The average Bonchev–Trinajstić information content (AvgIpc) is 3.20. The minimum absolute atomic E-state index is 0.718. The van der Waals surface area contributed by atoms with E-state index in [1.807, 2.05) is 24.3 Å². The quantitative estimate of drug-likeness (QED) is 0.434. The van der Waals surface area contributed by atoms with Crippen LogP contribution in [-0.4, -0.2) is 40.5 Å². The Morgan fingerprint density at radius 3 is 2.40 bits per heavy atom. The van der Waals surface area contributed by atoms with Crippen LogP contribution in [-0.2, 0) is 0 Å². The van der Waals surface area contributed by atoms with Crippen molar-refractivity contribution in [3.8, 4) is 11.3 Å². The van der Waals surface area contributed by atoms with E-state index in [4.69, 9.17) is 16.0 Å². The Bertz CT molecular complexity index is 1200. The molecular weight excluding hydrogens is 414 g/mol. The van der Waals surface area contributed by atoms with Gasteiger partial charge in [0.15, 0.2) is 5.82 Å². The van der Waals surface area contributed by atoms with Crippen molar-refractivity contribution < 1.29 is 0 Å². The van der Waals surface area contributed by atoms with Crippen molar-refractivity contribution in [2.75, 3.05) is 36.0 Å². The average molecular weight is 436 g/mol. The number of nitrogens with zero attached hydrogens (tertiary/aromatic N) is 5. The Balaban J connectivity index is 1.41. The molecule has 1 aliphatic rings. The highest BCUT2D eigenvalue weighted by molar-refractivity contribution is 7.14. The maximum Gasteiger partial charge on any atom is 0.151 e. The second-order valence-electron chi connectivity index (χ2n) is 7.68. The van der Waals surface area contributed by atoms with E-state index in [0.29, 0.717) is 0 Å². The number of benzene rings is 2. The summed E-state index contributed by atoms with van der Waals surface area (Å²) in [6, 6.07) is 14.4. The lowest BCUT2D eigenvalue weighted by atomic mass is 10.1. The predicted octanol–water partition coefficient (Wildman–Crippen LogP) is 5.35. The lowest BCUT2D eigenvalue weighted by Crippen LogP contribution is -2.47. The zero-order chi connectivity index (χ0) is 20.7. The summed E-state index contributed by atoms with van der Waals surface area (Å²) in [5.74, 6) is 0.985. The SMILES string of the molecule is Cc1ccc(C)c(N2CCN(c3ncnc4c(-c5ccc(Cl)cc5)nsc34)CC2)c1. The molecule has 5 rings (SSSR count). The minimum atomic E-state index is 0.718. The van der Waals surface area contributed by atoms with E-state index in [2.05, 4.69) is 51.8 Å². The smallest absolute Gasteiger partial charge is 0.151 e. The number of anilines is 2. The minimum Gasteiger partial charge on any atom is -0.368 e. The van der Waals surface area contributed by atoms with Gasteiger partial charge in [-0.25, -0.2) is 9.97 Å². The molecule has 0 N–H and O–H groups in total. The third-order valence-corrected chi connectivity index (χ3v) is 6.72. The monoisotopic (exact) mass is 435 g/mol. The van der Waals surface area contributed by atoms with E-state index in [-0.39, 0.29) is 0 Å². The molecule has 0 radical (unpaired) electrons. The molecule has 0 saturated carbocycles. The Hall–Kier alpha value is -2.70. The largest absolute Gasteiger partial charge is 0.368 e. The van der Waals surface area contributed by atoms with Crippen LogP contribution in [0.3, 0.4) is 0 Å². The molecule has 0 aliphatic carbocycles. The molecule has 0 bridgehead atoms. The van der Waals surface area contributed by atoms with Crippen LogP contribution in [0.5, 0.6) is 0 Å². The zero-order valence-electron chi connectivity index (χ0n) is 17.0. The summed E-state index contributed by atoms with van der Waals surface area (Å²) in [5, 5.41) is 0.718. The number of rotatable bonds is 3. The highest BCUT2D eigenvalue weighted by Gasteiger charge is 2.23. The van der Waals surface area contributed by atoms with Crippen LogP contribution in [0.25, 0.3) is 21.5 Å². The summed E-state index contributed by atoms with van der Waals surface area (Å²) >= 11 is 7.51. The predicted molar refractivity (Wildman–Crippen MR) is 126 cm³/mol. The summed E-state index contributed by atoms with van der Waals surface area (Å²) in [6.07, 6.45) is 1.66. The van der Waals surface area contributed by atoms with Crippen molar-refractivity contribution in [2.45, 2.75) is 13.8 Å². The van der Waals surface area contributed by atoms with Gasteiger partial charge in [0.05, 0.1) is 0 Å². The highest BCUT2D eigenvalue weighted by Crippen LogP contribution is 2.35. The molecule has 1 fully saturated rings. The Kier molecular flexibility index (Phi) is 5.05. The van der Waals surface area contributed by atoms with Crippen LogP contribution < -0.4 is 9.80 Å². The second kappa shape index (κ2) is 7.85. The molecule has 4 aromatic rings. The molecule has 30 heavy (non-hydrogen) atoms. The first-order chi connectivity index (χ1) is 14.6. The summed E-state index contributed by atoms with van der Waals surface area (Å²) in [5.41, 5.74) is 6.79. The Morgan fingerprint density at radius 1 is 0.900 bits per heavy atom. The van der Waals surface area contributed by atoms with Crippen LogP contribution >= 0.6 is 23.1 Å². The number of aromatic nitrogens is 3. The van der Waals surface area contributed by atoms with Crippen LogP contribution in [0.4, 0.5) is 11.5 Å². The Morgan fingerprint density at radius 2 is 1.63 bits per heavy atom. The van der Waals surface area contributed by atoms with Gasteiger partial charge < -0.3 is 9.80 Å². The van der Waals surface area contributed by atoms with Gasteiger partial charge in [-0.1, -0.05) is 35.9 Å². The second-order valence-corrected chi connectivity index (χ2v) is 8.89. The van der Waals surface area contributed by atoms with Crippen molar-refractivity contribution in [2.24, 2.45) is 0 Å². The fourth-order valence-electron chi connectivity index (χ4n) is 3.99. The third kappa shape index (κ3) is 3.50. The van der Waals surface area contributed by atoms with Crippen LogP contribution in [0.1, 0.15) is 11.1 Å².